The van der Waals surface area contributed by atoms with Gasteiger partial charge in [-0.3, -0.25) is 0 Å². The molecule has 0 aliphatic carbocycles. The van der Waals surface area contributed by atoms with Crippen molar-refractivity contribution in [1.29, 1.82) is 0 Å². The molecule has 1 heterocycles. The zero-order chi connectivity index (χ0) is 19.9. The summed E-state index contributed by atoms with van der Waals surface area (Å²) in [4.78, 5) is 16.1. The molecule has 2 aromatic carbocycles. The van der Waals surface area contributed by atoms with Crippen molar-refractivity contribution in [3.63, 3.8) is 0 Å². The summed E-state index contributed by atoms with van der Waals surface area (Å²) in [6.45, 7) is 2.65. The molecule has 3 rings (SSSR count). The van der Waals surface area contributed by atoms with E-state index in [2.05, 4.69) is 4.98 Å². The predicted octanol–water partition coefficient (Wildman–Crippen LogP) is 5.47. The Morgan fingerprint density at radius 3 is 2.50 bits per heavy atom. The maximum atomic E-state index is 11.6. The Kier molecular flexibility index (Phi) is 6.50. The van der Waals surface area contributed by atoms with Crippen molar-refractivity contribution in [2.24, 2.45) is 0 Å². The highest BCUT2D eigenvalue weighted by atomic mass is 35.5. The SMILES string of the molecule is CCCOc1ccccc1-c1ccc(C(=O)O)c(COc2ccc(Cl)cc2)n1. The molecule has 0 saturated heterocycles. The topological polar surface area (TPSA) is 68.7 Å². The van der Waals surface area contributed by atoms with Gasteiger partial charge in [-0.2, -0.15) is 0 Å². The Balaban J connectivity index is 1.91. The van der Waals surface area contributed by atoms with E-state index in [1.54, 1.807) is 36.4 Å². The molecule has 5 nitrogen and oxygen atoms in total. The lowest BCUT2D eigenvalue weighted by atomic mass is 10.1. The van der Waals surface area contributed by atoms with Gasteiger partial charge in [0, 0.05) is 10.6 Å². The number of aromatic carboxylic acids is 1. The normalized spacial score (nSPS) is 10.5. The summed E-state index contributed by atoms with van der Waals surface area (Å²) < 4.78 is 11.5. The largest absolute Gasteiger partial charge is 0.493 e. The van der Waals surface area contributed by atoms with Crippen LogP contribution in [-0.4, -0.2) is 22.7 Å². The summed E-state index contributed by atoms with van der Waals surface area (Å²) in [5.41, 5.74) is 1.88. The molecule has 0 unspecified atom stereocenters. The first-order chi connectivity index (χ1) is 13.6. The van der Waals surface area contributed by atoms with Crippen LogP contribution in [0.25, 0.3) is 11.3 Å². The standard InChI is InChI=1S/C22H20ClNO4/c1-2-13-27-21-6-4-3-5-17(21)19-12-11-18(22(25)26)20(24-19)14-28-16-9-7-15(23)8-10-16/h3-12H,2,13-14H2,1H3,(H,25,26). The Bertz CT molecular complexity index is 957. The fraction of sp³-hybridized carbons (Fsp3) is 0.182. The maximum absolute atomic E-state index is 11.6. The van der Waals surface area contributed by atoms with Crippen LogP contribution in [0.15, 0.2) is 60.7 Å². The van der Waals surface area contributed by atoms with Crippen LogP contribution in [0.3, 0.4) is 0 Å². The van der Waals surface area contributed by atoms with E-state index in [-0.39, 0.29) is 12.2 Å². The zero-order valence-electron chi connectivity index (χ0n) is 15.4. The predicted molar refractivity (Wildman–Crippen MR) is 108 cm³/mol. The number of carbonyl (C=O) groups is 1. The monoisotopic (exact) mass is 397 g/mol. The average Bonchev–Trinajstić information content (AvgIpc) is 2.71. The number of carboxylic acids is 1. The molecule has 0 aliphatic heterocycles. The summed E-state index contributed by atoms with van der Waals surface area (Å²) >= 11 is 5.88. The van der Waals surface area contributed by atoms with Gasteiger partial charge in [0.1, 0.15) is 18.1 Å². The van der Waals surface area contributed by atoms with Crippen molar-refractivity contribution >= 4 is 17.6 Å². The highest BCUT2D eigenvalue weighted by Gasteiger charge is 2.16. The van der Waals surface area contributed by atoms with Crippen LogP contribution < -0.4 is 9.47 Å². The van der Waals surface area contributed by atoms with Crippen molar-refractivity contribution < 1.29 is 19.4 Å². The number of hydrogen-bond acceptors (Lipinski definition) is 4. The van der Waals surface area contributed by atoms with Gasteiger partial charge in [-0.15, -0.1) is 0 Å². The molecular weight excluding hydrogens is 378 g/mol. The lowest BCUT2D eigenvalue weighted by Gasteiger charge is -2.13. The molecule has 144 valence electrons. The number of aromatic nitrogens is 1. The molecule has 28 heavy (non-hydrogen) atoms. The van der Waals surface area contributed by atoms with Gasteiger partial charge < -0.3 is 14.6 Å². The number of benzene rings is 2. The van der Waals surface area contributed by atoms with E-state index >= 15 is 0 Å². The number of nitrogens with zero attached hydrogens (tertiary/aromatic N) is 1. The first kappa shape index (κ1) is 19.7. The fourth-order valence-corrected chi connectivity index (χ4v) is 2.78. The molecule has 0 saturated carbocycles. The first-order valence-electron chi connectivity index (χ1n) is 8.92. The molecule has 0 bridgehead atoms. The van der Waals surface area contributed by atoms with Crippen LogP contribution in [0.4, 0.5) is 0 Å². The summed E-state index contributed by atoms with van der Waals surface area (Å²) in [5, 5.41) is 10.1. The number of para-hydroxylation sites is 1. The van der Waals surface area contributed by atoms with Gasteiger partial charge >= 0.3 is 5.97 Å². The molecule has 1 N–H and O–H groups in total. The minimum absolute atomic E-state index is 0.0229. The third kappa shape index (κ3) is 4.81. The van der Waals surface area contributed by atoms with Crippen LogP contribution in [0.1, 0.15) is 29.4 Å². The summed E-state index contributed by atoms with van der Waals surface area (Å²) in [6, 6.07) is 17.7. The zero-order valence-corrected chi connectivity index (χ0v) is 16.1. The van der Waals surface area contributed by atoms with Gasteiger partial charge in [-0.25, -0.2) is 9.78 Å². The molecular formula is C22H20ClNO4. The third-order valence-electron chi connectivity index (χ3n) is 4.02. The van der Waals surface area contributed by atoms with E-state index in [4.69, 9.17) is 21.1 Å². The molecule has 0 atom stereocenters. The second-order valence-electron chi connectivity index (χ2n) is 6.08. The second-order valence-corrected chi connectivity index (χ2v) is 6.52. The Morgan fingerprint density at radius 1 is 1.04 bits per heavy atom. The number of hydrogen-bond donors (Lipinski definition) is 1. The maximum Gasteiger partial charge on any atom is 0.337 e. The molecule has 0 radical (unpaired) electrons. The van der Waals surface area contributed by atoms with Crippen LogP contribution in [0.5, 0.6) is 11.5 Å². The molecule has 0 aliphatic rings. The Hall–Kier alpha value is -3.05. The average molecular weight is 398 g/mol. The van der Waals surface area contributed by atoms with Gasteiger partial charge in [0.05, 0.1) is 23.6 Å². The van der Waals surface area contributed by atoms with Gasteiger partial charge in [0.15, 0.2) is 0 Å². The summed E-state index contributed by atoms with van der Waals surface area (Å²) in [7, 11) is 0. The van der Waals surface area contributed by atoms with Crippen LogP contribution in [-0.2, 0) is 6.61 Å². The van der Waals surface area contributed by atoms with Crippen molar-refractivity contribution in [3.8, 4) is 22.8 Å². The highest BCUT2D eigenvalue weighted by molar-refractivity contribution is 6.30. The molecule has 1 aromatic heterocycles. The first-order valence-corrected chi connectivity index (χ1v) is 9.30. The fourth-order valence-electron chi connectivity index (χ4n) is 2.65. The van der Waals surface area contributed by atoms with Gasteiger partial charge in [-0.05, 0) is 55.0 Å². The van der Waals surface area contributed by atoms with E-state index in [1.165, 1.54) is 0 Å². The smallest absolute Gasteiger partial charge is 0.337 e. The highest BCUT2D eigenvalue weighted by Crippen LogP contribution is 2.29. The number of carboxylic acid groups (broad SMARTS) is 1. The van der Waals surface area contributed by atoms with E-state index in [0.717, 1.165) is 12.0 Å². The van der Waals surface area contributed by atoms with Gasteiger partial charge in [-0.1, -0.05) is 30.7 Å². The minimum Gasteiger partial charge on any atom is -0.493 e. The quantitative estimate of drug-likeness (QED) is 0.546. The number of pyridine rings is 1. The van der Waals surface area contributed by atoms with Crippen LogP contribution in [0.2, 0.25) is 5.02 Å². The van der Waals surface area contributed by atoms with Crippen LogP contribution >= 0.6 is 11.6 Å². The number of ether oxygens (including phenoxy) is 2. The number of halogens is 1. The lowest BCUT2D eigenvalue weighted by molar-refractivity contribution is 0.0693. The van der Waals surface area contributed by atoms with Crippen molar-refractivity contribution in [2.45, 2.75) is 20.0 Å². The summed E-state index contributed by atoms with van der Waals surface area (Å²) in [5.74, 6) is 0.244. The molecule has 0 fully saturated rings. The van der Waals surface area contributed by atoms with Gasteiger partial charge in [0.2, 0.25) is 0 Å². The molecule has 3 aromatic rings. The second kappa shape index (κ2) is 9.24. The van der Waals surface area contributed by atoms with Crippen molar-refractivity contribution in [1.82, 2.24) is 4.98 Å². The molecule has 0 spiro atoms. The molecule has 0 amide bonds. The summed E-state index contributed by atoms with van der Waals surface area (Å²) in [6.07, 6.45) is 0.889. The minimum atomic E-state index is -1.05. The van der Waals surface area contributed by atoms with Crippen molar-refractivity contribution in [2.75, 3.05) is 6.61 Å². The molecule has 6 heteroatoms. The third-order valence-corrected chi connectivity index (χ3v) is 4.27. The number of rotatable bonds is 8. The lowest BCUT2D eigenvalue weighted by Crippen LogP contribution is -2.09. The van der Waals surface area contributed by atoms with Crippen LogP contribution in [0, 0.1) is 0 Å². The van der Waals surface area contributed by atoms with Crippen molar-refractivity contribution in [3.05, 3.63) is 76.9 Å². The van der Waals surface area contributed by atoms with Gasteiger partial charge in [0.25, 0.3) is 0 Å². The van der Waals surface area contributed by atoms with E-state index in [1.807, 2.05) is 31.2 Å². The van der Waals surface area contributed by atoms with E-state index < -0.39 is 5.97 Å². The Labute approximate surface area is 168 Å². The van der Waals surface area contributed by atoms with E-state index in [9.17, 15) is 9.90 Å². The van der Waals surface area contributed by atoms with E-state index in [0.29, 0.717) is 34.5 Å². The Morgan fingerprint density at radius 2 is 1.79 bits per heavy atom.